The van der Waals surface area contributed by atoms with Crippen molar-refractivity contribution < 1.29 is 4.74 Å². The Labute approximate surface area is 101 Å². The Morgan fingerprint density at radius 2 is 2.07 bits per heavy atom. The maximum absolute atomic E-state index is 5.92. The zero-order chi connectivity index (χ0) is 10.7. The molecule has 0 N–H and O–H groups in total. The molecule has 0 radical (unpaired) electrons. The van der Waals surface area contributed by atoms with Gasteiger partial charge in [-0.25, -0.2) is 0 Å². The molecule has 2 rings (SSSR count). The highest BCUT2D eigenvalue weighted by atomic mass is 35.5. The van der Waals surface area contributed by atoms with Crippen LogP contribution in [0.3, 0.4) is 0 Å². The SMILES string of the molecule is ClCc1nnc(Oc2ccccc2Cl)s1. The van der Waals surface area contributed by atoms with Crippen molar-refractivity contribution in [3.05, 3.63) is 34.3 Å². The van der Waals surface area contributed by atoms with Gasteiger partial charge in [-0.1, -0.05) is 40.2 Å². The van der Waals surface area contributed by atoms with Gasteiger partial charge in [-0.05, 0) is 12.1 Å². The maximum Gasteiger partial charge on any atom is 0.299 e. The summed E-state index contributed by atoms with van der Waals surface area (Å²) in [5.74, 6) is 0.903. The fraction of sp³-hybridized carbons (Fsp3) is 0.111. The molecular formula is C9H6Cl2N2OS. The van der Waals surface area contributed by atoms with Crippen molar-refractivity contribution >= 4 is 34.5 Å². The van der Waals surface area contributed by atoms with Crippen LogP contribution in [0.2, 0.25) is 5.02 Å². The predicted octanol–water partition coefficient (Wildman–Crippen LogP) is 3.72. The highest BCUT2D eigenvalue weighted by Gasteiger charge is 2.07. The number of benzene rings is 1. The number of para-hydroxylation sites is 1. The van der Waals surface area contributed by atoms with Gasteiger partial charge in [0.2, 0.25) is 0 Å². The highest BCUT2D eigenvalue weighted by molar-refractivity contribution is 7.13. The number of rotatable bonds is 3. The Balaban J connectivity index is 2.18. The first-order valence-electron chi connectivity index (χ1n) is 4.10. The molecule has 0 saturated carbocycles. The van der Waals surface area contributed by atoms with Gasteiger partial charge in [-0.15, -0.1) is 16.7 Å². The van der Waals surface area contributed by atoms with Crippen LogP contribution in [0.15, 0.2) is 24.3 Å². The fourth-order valence-corrected chi connectivity index (χ4v) is 1.90. The lowest BCUT2D eigenvalue weighted by Crippen LogP contribution is -1.83. The average Bonchev–Trinajstić information content (AvgIpc) is 2.69. The summed E-state index contributed by atoms with van der Waals surface area (Å²) in [5, 5.41) is 9.36. The first-order valence-corrected chi connectivity index (χ1v) is 5.83. The molecule has 78 valence electrons. The Morgan fingerprint density at radius 1 is 1.27 bits per heavy atom. The summed E-state index contributed by atoms with van der Waals surface area (Å²) in [7, 11) is 0. The van der Waals surface area contributed by atoms with Gasteiger partial charge in [0.05, 0.1) is 10.9 Å². The van der Waals surface area contributed by atoms with E-state index in [1.165, 1.54) is 11.3 Å². The largest absolute Gasteiger partial charge is 0.428 e. The minimum Gasteiger partial charge on any atom is -0.428 e. The summed E-state index contributed by atoms with van der Waals surface area (Å²) < 4.78 is 5.45. The quantitative estimate of drug-likeness (QED) is 0.790. The van der Waals surface area contributed by atoms with Crippen molar-refractivity contribution in [2.24, 2.45) is 0 Å². The second kappa shape index (κ2) is 4.79. The van der Waals surface area contributed by atoms with Gasteiger partial charge in [0.15, 0.2) is 0 Å². The van der Waals surface area contributed by atoms with Gasteiger partial charge in [0.1, 0.15) is 10.8 Å². The fourth-order valence-electron chi connectivity index (χ4n) is 0.955. The molecule has 0 aliphatic rings. The van der Waals surface area contributed by atoms with E-state index in [1.807, 2.05) is 12.1 Å². The topological polar surface area (TPSA) is 35.0 Å². The molecule has 15 heavy (non-hydrogen) atoms. The van der Waals surface area contributed by atoms with Crippen molar-refractivity contribution in [1.29, 1.82) is 0 Å². The molecule has 0 aliphatic heterocycles. The van der Waals surface area contributed by atoms with Crippen molar-refractivity contribution in [3.63, 3.8) is 0 Å². The molecule has 1 heterocycles. The number of halogens is 2. The van der Waals surface area contributed by atoms with E-state index in [1.54, 1.807) is 12.1 Å². The first-order chi connectivity index (χ1) is 7.29. The molecule has 0 fully saturated rings. The van der Waals surface area contributed by atoms with E-state index in [9.17, 15) is 0 Å². The van der Waals surface area contributed by atoms with Gasteiger partial charge >= 0.3 is 0 Å². The smallest absolute Gasteiger partial charge is 0.299 e. The van der Waals surface area contributed by atoms with Crippen LogP contribution < -0.4 is 4.74 Å². The van der Waals surface area contributed by atoms with E-state index in [0.717, 1.165) is 5.01 Å². The summed E-state index contributed by atoms with van der Waals surface area (Å²) in [6, 6.07) is 7.19. The molecule has 0 saturated heterocycles. The van der Waals surface area contributed by atoms with Crippen LogP contribution in [0.1, 0.15) is 5.01 Å². The van der Waals surface area contributed by atoms with Gasteiger partial charge in [-0.3, -0.25) is 0 Å². The van der Waals surface area contributed by atoms with Gasteiger partial charge in [0, 0.05) is 0 Å². The Kier molecular flexibility index (Phi) is 3.41. The normalized spacial score (nSPS) is 10.3. The van der Waals surface area contributed by atoms with Crippen molar-refractivity contribution in [2.45, 2.75) is 5.88 Å². The zero-order valence-corrected chi connectivity index (χ0v) is 9.81. The third kappa shape index (κ3) is 2.59. The summed E-state index contributed by atoms with van der Waals surface area (Å²) in [6.45, 7) is 0. The van der Waals surface area contributed by atoms with Gasteiger partial charge in [0.25, 0.3) is 5.19 Å². The van der Waals surface area contributed by atoms with Crippen LogP contribution in [0, 0.1) is 0 Å². The molecule has 0 aliphatic carbocycles. The van der Waals surface area contributed by atoms with Crippen LogP contribution >= 0.6 is 34.5 Å². The lowest BCUT2D eigenvalue weighted by molar-refractivity contribution is 0.473. The Bertz CT molecular complexity index is 461. The third-order valence-corrected chi connectivity index (χ3v) is 3.12. The second-order valence-corrected chi connectivity index (χ2v) is 4.33. The van der Waals surface area contributed by atoms with Crippen LogP contribution in [-0.4, -0.2) is 10.2 Å². The van der Waals surface area contributed by atoms with Gasteiger partial charge < -0.3 is 4.74 Å². The summed E-state index contributed by atoms with van der Waals surface area (Å²) in [5.41, 5.74) is 0. The molecule has 0 amide bonds. The number of alkyl halides is 1. The van der Waals surface area contributed by atoms with Crippen LogP contribution in [0.4, 0.5) is 0 Å². The highest BCUT2D eigenvalue weighted by Crippen LogP contribution is 2.30. The van der Waals surface area contributed by atoms with E-state index in [-0.39, 0.29) is 0 Å². The molecular weight excluding hydrogens is 255 g/mol. The molecule has 0 unspecified atom stereocenters. The number of nitrogens with zero attached hydrogens (tertiary/aromatic N) is 2. The molecule has 3 nitrogen and oxygen atoms in total. The average molecular weight is 261 g/mol. The van der Waals surface area contributed by atoms with Crippen molar-refractivity contribution in [1.82, 2.24) is 10.2 Å². The number of ether oxygens (including phenoxy) is 1. The second-order valence-electron chi connectivity index (χ2n) is 2.63. The van der Waals surface area contributed by atoms with E-state index < -0.39 is 0 Å². The summed E-state index contributed by atoms with van der Waals surface area (Å²) in [4.78, 5) is 0. The van der Waals surface area contributed by atoms with Crippen LogP contribution in [-0.2, 0) is 5.88 Å². The minimum atomic E-state index is 0.337. The Hall–Kier alpha value is -0.840. The maximum atomic E-state index is 5.92. The van der Waals surface area contributed by atoms with Crippen LogP contribution in [0.25, 0.3) is 0 Å². The van der Waals surface area contributed by atoms with Crippen molar-refractivity contribution in [2.75, 3.05) is 0 Å². The molecule has 0 spiro atoms. The minimum absolute atomic E-state index is 0.337. The molecule has 2 aromatic rings. The van der Waals surface area contributed by atoms with E-state index in [4.69, 9.17) is 27.9 Å². The van der Waals surface area contributed by atoms with E-state index >= 15 is 0 Å². The van der Waals surface area contributed by atoms with Gasteiger partial charge in [-0.2, -0.15) is 0 Å². The first kappa shape index (κ1) is 10.7. The lowest BCUT2D eigenvalue weighted by atomic mass is 10.3. The summed E-state index contributed by atoms with van der Waals surface area (Å²) in [6.07, 6.45) is 0. The predicted molar refractivity (Wildman–Crippen MR) is 61.0 cm³/mol. The molecule has 0 bridgehead atoms. The molecule has 1 aromatic heterocycles. The standard InChI is InChI=1S/C9H6Cl2N2OS/c10-5-8-12-13-9(15-8)14-7-4-2-1-3-6(7)11/h1-4H,5H2. The molecule has 1 aromatic carbocycles. The third-order valence-electron chi connectivity index (χ3n) is 1.60. The number of hydrogen-bond acceptors (Lipinski definition) is 4. The number of hydrogen-bond donors (Lipinski definition) is 0. The molecule has 0 atom stereocenters. The van der Waals surface area contributed by atoms with Crippen molar-refractivity contribution in [3.8, 4) is 10.9 Å². The molecule has 6 heteroatoms. The monoisotopic (exact) mass is 260 g/mol. The van der Waals surface area contributed by atoms with E-state index in [2.05, 4.69) is 10.2 Å². The van der Waals surface area contributed by atoms with Crippen LogP contribution in [0.5, 0.6) is 10.9 Å². The number of aromatic nitrogens is 2. The Morgan fingerprint density at radius 3 is 2.73 bits per heavy atom. The lowest BCUT2D eigenvalue weighted by Gasteiger charge is -2.01. The summed E-state index contributed by atoms with van der Waals surface area (Å²) >= 11 is 12.8. The zero-order valence-electron chi connectivity index (χ0n) is 7.48. The van der Waals surface area contributed by atoms with E-state index in [0.29, 0.717) is 21.8 Å².